The summed E-state index contributed by atoms with van der Waals surface area (Å²) in [6.07, 6.45) is 5.44. The lowest BCUT2D eigenvalue weighted by atomic mass is 10.1. The van der Waals surface area contributed by atoms with Gasteiger partial charge in [-0.3, -0.25) is 4.79 Å². The van der Waals surface area contributed by atoms with Gasteiger partial charge in [0.15, 0.2) is 11.7 Å². The van der Waals surface area contributed by atoms with E-state index in [1.165, 1.54) is 12.3 Å². The first-order valence-corrected chi connectivity index (χ1v) is 6.74. The summed E-state index contributed by atoms with van der Waals surface area (Å²) in [4.78, 5) is 11.8. The molecule has 1 fully saturated rings. The summed E-state index contributed by atoms with van der Waals surface area (Å²) in [5.74, 6) is 0.506. The van der Waals surface area contributed by atoms with Crippen LogP contribution in [-0.4, -0.2) is 24.6 Å². The summed E-state index contributed by atoms with van der Waals surface area (Å²) in [5.41, 5.74) is 0.523. The molecule has 5 heteroatoms. The van der Waals surface area contributed by atoms with E-state index in [0.29, 0.717) is 24.2 Å². The van der Waals surface area contributed by atoms with Crippen molar-refractivity contribution in [1.29, 1.82) is 0 Å². The quantitative estimate of drug-likeness (QED) is 0.848. The Labute approximate surface area is 112 Å². The van der Waals surface area contributed by atoms with Crippen LogP contribution in [0.5, 0.6) is 0 Å². The van der Waals surface area contributed by atoms with Crippen LogP contribution >= 0.6 is 0 Å². The van der Waals surface area contributed by atoms with Crippen LogP contribution in [0.3, 0.4) is 0 Å². The van der Waals surface area contributed by atoms with Crippen LogP contribution in [0.25, 0.3) is 0 Å². The van der Waals surface area contributed by atoms with Crippen molar-refractivity contribution in [2.45, 2.75) is 45.0 Å². The second kappa shape index (κ2) is 7.43. The van der Waals surface area contributed by atoms with Crippen molar-refractivity contribution in [3.63, 3.8) is 0 Å². The minimum Gasteiger partial charge on any atom is -0.466 e. The van der Waals surface area contributed by atoms with E-state index in [2.05, 4.69) is 0 Å². The second-order valence-electron chi connectivity index (χ2n) is 4.67. The van der Waals surface area contributed by atoms with Crippen molar-refractivity contribution in [2.24, 2.45) is 0 Å². The minimum absolute atomic E-state index is 0.0668. The van der Waals surface area contributed by atoms with E-state index in [0.717, 1.165) is 25.9 Å². The molecule has 1 saturated heterocycles. The monoisotopic (exact) mass is 268 g/mol. The highest BCUT2D eigenvalue weighted by atomic mass is 16.7. The fourth-order valence-corrected chi connectivity index (χ4v) is 2.02. The Morgan fingerprint density at radius 2 is 2.32 bits per heavy atom. The highest BCUT2D eigenvalue weighted by molar-refractivity contribution is 5.11. The Kier molecular flexibility index (Phi) is 5.57. The summed E-state index contributed by atoms with van der Waals surface area (Å²) < 4.78 is 16.4. The molecule has 19 heavy (non-hydrogen) atoms. The molecule has 106 valence electrons. The van der Waals surface area contributed by atoms with Gasteiger partial charge in [0.05, 0.1) is 6.26 Å². The van der Waals surface area contributed by atoms with Gasteiger partial charge in [0, 0.05) is 24.8 Å². The van der Waals surface area contributed by atoms with Crippen molar-refractivity contribution < 1.29 is 19.0 Å². The SMILES string of the molecule is O=c1cc(COC2CCCCO2)occ1CCCO. The average molecular weight is 268 g/mol. The van der Waals surface area contributed by atoms with Crippen molar-refractivity contribution >= 4 is 0 Å². The van der Waals surface area contributed by atoms with Gasteiger partial charge in [-0.25, -0.2) is 0 Å². The van der Waals surface area contributed by atoms with Gasteiger partial charge in [-0.2, -0.15) is 0 Å². The topological polar surface area (TPSA) is 68.9 Å². The molecule has 0 aliphatic carbocycles. The maximum absolute atomic E-state index is 11.8. The number of hydrogen-bond acceptors (Lipinski definition) is 5. The number of hydrogen-bond donors (Lipinski definition) is 1. The third-order valence-corrected chi connectivity index (χ3v) is 3.11. The van der Waals surface area contributed by atoms with Gasteiger partial charge in [0.2, 0.25) is 0 Å². The Morgan fingerprint density at radius 3 is 3.00 bits per heavy atom. The van der Waals surface area contributed by atoms with Gasteiger partial charge < -0.3 is 19.0 Å². The van der Waals surface area contributed by atoms with Gasteiger partial charge in [0.25, 0.3) is 0 Å². The largest absolute Gasteiger partial charge is 0.466 e. The van der Waals surface area contributed by atoms with E-state index < -0.39 is 0 Å². The third-order valence-electron chi connectivity index (χ3n) is 3.11. The Balaban J connectivity index is 1.86. The number of rotatable bonds is 6. The summed E-state index contributed by atoms with van der Waals surface area (Å²) >= 11 is 0. The summed E-state index contributed by atoms with van der Waals surface area (Å²) in [7, 11) is 0. The highest BCUT2D eigenvalue weighted by Gasteiger charge is 2.14. The molecule has 0 amide bonds. The lowest BCUT2D eigenvalue weighted by Gasteiger charge is -2.22. The lowest BCUT2D eigenvalue weighted by Crippen LogP contribution is -2.22. The molecular formula is C14H20O5. The molecule has 0 aromatic carbocycles. The molecule has 1 aromatic rings. The molecule has 1 aromatic heterocycles. The van der Waals surface area contributed by atoms with E-state index in [9.17, 15) is 4.79 Å². The molecule has 1 unspecified atom stereocenters. The fraction of sp³-hybridized carbons (Fsp3) is 0.643. The molecule has 1 N–H and O–H groups in total. The van der Waals surface area contributed by atoms with Crippen molar-refractivity contribution in [3.05, 3.63) is 33.9 Å². The van der Waals surface area contributed by atoms with Gasteiger partial charge in [-0.1, -0.05) is 0 Å². The smallest absolute Gasteiger partial charge is 0.188 e. The molecule has 1 atom stereocenters. The number of aryl methyl sites for hydroxylation is 1. The van der Waals surface area contributed by atoms with Crippen LogP contribution in [0.15, 0.2) is 21.5 Å². The van der Waals surface area contributed by atoms with Crippen LogP contribution in [0, 0.1) is 0 Å². The van der Waals surface area contributed by atoms with E-state index in [1.54, 1.807) is 0 Å². The zero-order valence-electron chi connectivity index (χ0n) is 11.0. The molecule has 1 aliphatic rings. The predicted molar refractivity (Wildman–Crippen MR) is 68.8 cm³/mol. The Hall–Kier alpha value is -1.17. The molecule has 0 bridgehead atoms. The lowest BCUT2D eigenvalue weighted by molar-refractivity contribution is -0.171. The third kappa shape index (κ3) is 4.45. The van der Waals surface area contributed by atoms with Crippen LogP contribution < -0.4 is 5.43 Å². The molecule has 2 heterocycles. The molecule has 2 rings (SSSR count). The average Bonchev–Trinajstić information content (AvgIpc) is 2.45. The van der Waals surface area contributed by atoms with Crippen LogP contribution in [0.4, 0.5) is 0 Å². The van der Waals surface area contributed by atoms with Crippen molar-refractivity contribution in [2.75, 3.05) is 13.2 Å². The van der Waals surface area contributed by atoms with Gasteiger partial charge in [-0.15, -0.1) is 0 Å². The summed E-state index contributed by atoms with van der Waals surface area (Å²) in [6, 6.07) is 1.45. The molecule has 0 spiro atoms. The molecular weight excluding hydrogens is 248 g/mol. The number of aliphatic hydroxyl groups is 1. The fourth-order valence-electron chi connectivity index (χ4n) is 2.02. The van der Waals surface area contributed by atoms with E-state index >= 15 is 0 Å². The zero-order chi connectivity index (χ0) is 13.5. The van der Waals surface area contributed by atoms with Crippen LogP contribution in [0.1, 0.15) is 37.0 Å². The van der Waals surface area contributed by atoms with Crippen LogP contribution in [-0.2, 0) is 22.5 Å². The van der Waals surface area contributed by atoms with Crippen LogP contribution in [0.2, 0.25) is 0 Å². The van der Waals surface area contributed by atoms with Gasteiger partial charge >= 0.3 is 0 Å². The number of aliphatic hydroxyl groups excluding tert-OH is 1. The first-order valence-electron chi connectivity index (χ1n) is 6.74. The Bertz CT molecular complexity index is 434. The van der Waals surface area contributed by atoms with Crippen molar-refractivity contribution in [1.82, 2.24) is 0 Å². The predicted octanol–water partition coefficient (Wildman–Crippen LogP) is 1.61. The summed E-state index contributed by atoms with van der Waals surface area (Å²) in [6.45, 7) is 1.05. The minimum atomic E-state index is -0.187. The first-order chi connectivity index (χ1) is 9.29. The second-order valence-corrected chi connectivity index (χ2v) is 4.67. The molecule has 1 aliphatic heterocycles. The molecule has 0 radical (unpaired) electrons. The molecule has 0 saturated carbocycles. The number of ether oxygens (including phenoxy) is 2. The highest BCUT2D eigenvalue weighted by Crippen LogP contribution is 2.15. The standard InChI is InChI=1S/C14H20O5/c15-6-3-4-11-9-18-12(8-13(11)16)10-19-14-5-1-2-7-17-14/h8-9,14-15H,1-7,10H2. The van der Waals surface area contributed by atoms with Gasteiger partial charge in [0.1, 0.15) is 12.4 Å². The van der Waals surface area contributed by atoms with E-state index in [1.807, 2.05) is 0 Å². The maximum Gasteiger partial charge on any atom is 0.188 e. The van der Waals surface area contributed by atoms with E-state index in [4.69, 9.17) is 19.0 Å². The first kappa shape index (κ1) is 14.2. The van der Waals surface area contributed by atoms with Crippen molar-refractivity contribution in [3.8, 4) is 0 Å². The Morgan fingerprint density at radius 1 is 1.42 bits per heavy atom. The maximum atomic E-state index is 11.8. The summed E-state index contributed by atoms with van der Waals surface area (Å²) in [5, 5.41) is 8.73. The van der Waals surface area contributed by atoms with E-state index in [-0.39, 0.29) is 24.9 Å². The normalized spacial score (nSPS) is 19.5. The van der Waals surface area contributed by atoms with Gasteiger partial charge in [-0.05, 0) is 32.1 Å². The zero-order valence-corrected chi connectivity index (χ0v) is 11.0. The molecule has 5 nitrogen and oxygen atoms in total.